The number of ether oxygens (including phenoxy) is 1. The summed E-state index contributed by atoms with van der Waals surface area (Å²) < 4.78 is 5.12. The van der Waals surface area contributed by atoms with E-state index in [2.05, 4.69) is 0 Å². The predicted molar refractivity (Wildman–Crippen MR) is 84.4 cm³/mol. The van der Waals surface area contributed by atoms with Crippen LogP contribution in [-0.2, 0) is 17.8 Å². The van der Waals surface area contributed by atoms with Crippen molar-refractivity contribution in [3.8, 4) is 5.75 Å². The Bertz CT molecular complexity index is 608. The number of carbonyl (C=O) groups excluding carboxylic acids is 1. The zero-order valence-corrected chi connectivity index (χ0v) is 12.4. The van der Waals surface area contributed by atoms with E-state index in [1.807, 2.05) is 48.5 Å². The van der Waals surface area contributed by atoms with Crippen LogP contribution in [-0.4, -0.2) is 20.1 Å². The van der Waals surface area contributed by atoms with Gasteiger partial charge < -0.3 is 15.4 Å². The van der Waals surface area contributed by atoms with E-state index in [-0.39, 0.29) is 5.91 Å². The Labute approximate surface area is 125 Å². The van der Waals surface area contributed by atoms with Crippen LogP contribution in [0.4, 0.5) is 5.69 Å². The predicted octanol–water partition coefficient (Wildman–Crippen LogP) is 2.36. The molecule has 0 bridgehead atoms. The van der Waals surface area contributed by atoms with Crippen molar-refractivity contribution in [1.82, 2.24) is 0 Å². The average molecular weight is 284 g/mol. The monoisotopic (exact) mass is 284 g/mol. The molecule has 2 N–H and O–H groups in total. The van der Waals surface area contributed by atoms with E-state index in [4.69, 9.17) is 10.5 Å². The van der Waals surface area contributed by atoms with Crippen molar-refractivity contribution >= 4 is 11.6 Å². The molecule has 0 spiro atoms. The number of hydrogen-bond acceptors (Lipinski definition) is 3. The van der Waals surface area contributed by atoms with Gasteiger partial charge in [-0.05, 0) is 35.4 Å². The van der Waals surface area contributed by atoms with Crippen LogP contribution in [0.2, 0.25) is 0 Å². The van der Waals surface area contributed by atoms with E-state index in [9.17, 15) is 4.79 Å². The number of methoxy groups -OCH3 is 1. The minimum atomic E-state index is 0.0288. The summed E-state index contributed by atoms with van der Waals surface area (Å²) in [6, 6.07) is 15.2. The van der Waals surface area contributed by atoms with Gasteiger partial charge >= 0.3 is 0 Å². The minimum absolute atomic E-state index is 0.0288. The SMILES string of the molecule is COc1ccc(N(C)C(=O)Cc2ccccc2CN)cc1. The van der Waals surface area contributed by atoms with Crippen molar-refractivity contribution in [3.63, 3.8) is 0 Å². The quantitative estimate of drug-likeness (QED) is 0.917. The highest BCUT2D eigenvalue weighted by Crippen LogP contribution is 2.19. The number of carbonyl (C=O) groups is 1. The summed E-state index contributed by atoms with van der Waals surface area (Å²) in [7, 11) is 3.39. The van der Waals surface area contributed by atoms with E-state index >= 15 is 0 Å². The van der Waals surface area contributed by atoms with E-state index in [0.29, 0.717) is 13.0 Å². The molecule has 0 aromatic heterocycles. The lowest BCUT2D eigenvalue weighted by molar-refractivity contribution is -0.117. The standard InChI is InChI=1S/C17H20N2O2/c1-19(15-7-9-16(21-2)10-8-15)17(20)11-13-5-3-4-6-14(13)12-18/h3-10H,11-12,18H2,1-2H3. The van der Waals surface area contributed by atoms with Crippen molar-refractivity contribution < 1.29 is 9.53 Å². The Morgan fingerprint density at radius 1 is 1.10 bits per heavy atom. The van der Waals surface area contributed by atoms with Crippen LogP contribution in [0.15, 0.2) is 48.5 Å². The molecule has 4 nitrogen and oxygen atoms in total. The van der Waals surface area contributed by atoms with Gasteiger partial charge in [-0.15, -0.1) is 0 Å². The molecule has 1 amide bonds. The van der Waals surface area contributed by atoms with Crippen LogP contribution in [0.25, 0.3) is 0 Å². The molecule has 0 aliphatic heterocycles. The summed E-state index contributed by atoms with van der Waals surface area (Å²) in [5.74, 6) is 0.800. The van der Waals surface area contributed by atoms with E-state index in [1.165, 1.54) is 0 Å². The maximum Gasteiger partial charge on any atom is 0.231 e. The van der Waals surface area contributed by atoms with Gasteiger partial charge in [0.25, 0.3) is 0 Å². The molecule has 110 valence electrons. The molecule has 2 aromatic carbocycles. The molecule has 0 heterocycles. The molecule has 21 heavy (non-hydrogen) atoms. The molecule has 0 unspecified atom stereocenters. The molecule has 2 aromatic rings. The second kappa shape index (κ2) is 6.90. The summed E-state index contributed by atoms with van der Waals surface area (Å²) in [4.78, 5) is 14.0. The maximum absolute atomic E-state index is 12.4. The van der Waals surface area contributed by atoms with Crippen molar-refractivity contribution in [3.05, 3.63) is 59.7 Å². The number of nitrogens with zero attached hydrogens (tertiary/aromatic N) is 1. The van der Waals surface area contributed by atoms with Crippen molar-refractivity contribution in [1.29, 1.82) is 0 Å². The van der Waals surface area contributed by atoms with Crippen LogP contribution in [0.5, 0.6) is 5.75 Å². The maximum atomic E-state index is 12.4. The molecular weight excluding hydrogens is 264 g/mol. The second-order valence-corrected chi connectivity index (χ2v) is 4.80. The fraction of sp³-hybridized carbons (Fsp3) is 0.235. The van der Waals surface area contributed by atoms with Crippen LogP contribution < -0.4 is 15.4 Å². The number of hydrogen-bond donors (Lipinski definition) is 1. The lowest BCUT2D eigenvalue weighted by atomic mass is 10.0. The van der Waals surface area contributed by atoms with Crippen LogP contribution in [0.1, 0.15) is 11.1 Å². The van der Waals surface area contributed by atoms with E-state index in [0.717, 1.165) is 22.6 Å². The fourth-order valence-corrected chi connectivity index (χ4v) is 2.16. The van der Waals surface area contributed by atoms with Crippen molar-refractivity contribution in [2.24, 2.45) is 5.73 Å². The minimum Gasteiger partial charge on any atom is -0.497 e. The largest absolute Gasteiger partial charge is 0.497 e. The number of benzene rings is 2. The Kier molecular flexibility index (Phi) is 4.95. The Hall–Kier alpha value is -2.33. The summed E-state index contributed by atoms with van der Waals surface area (Å²) in [5.41, 5.74) is 8.53. The van der Waals surface area contributed by atoms with E-state index in [1.54, 1.807) is 19.1 Å². The summed E-state index contributed by atoms with van der Waals surface area (Å²) >= 11 is 0. The van der Waals surface area contributed by atoms with Gasteiger partial charge in [-0.1, -0.05) is 24.3 Å². The first-order chi connectivity index (χ1) is 10.2. The molecule has 0 saturated carbocycles. The van der Waals surface area contributed by atoms with Crippen molar-refractivity contribution in [2.45, 2.75) is 13.0 Å². The van der Waals surface area contributed by atoms with Gasteiger partial charge in [-0.3, -0.25) is 4.79 Å². The van der Waals surface area contributed by atoms with Crippen molar-refractivity contribution in [2.75, 3.05) is 19.1 Å². The molecule has 0 saturated heterocycles. The molecule has 4 heteroatoms. The Balaban J connectivity index is 2.11. The van der Waals surface area contributed by atoms with Gasteiger partial charge in [0.05, 0.1) is 13.5 Å². The molecule has 0 aliphatic carbocycles. The number of amides is 1. The summed E-state index contributed by atoms with van der Waals surface area (Å²) in [5, 5.41) is 0. The van der Waals surface area contributed by atoms with E-state index < -0.39 is 0 Å². The highest BCUT2D eigenvalue weighted by molar-refractivity contribution is 5.94. The molecule has 0 atom stereocenters. The molecule has 0 aliphatic rings. The summed E-state index contributed by atoms with van der Waals surface area (Å²) in [6.07, 6.45) is 0.343. The highest BCUT2D eigenvalue weighted by Gasteiger charge is 2.13. The first-order valence-corrected chi connectivity index (χ1v) is 6.83. The topological polar surface area (TPSA) is 55.6 Å². The van der Waals surface area contributed by atoms with Crippen LogP contribution in [0.3, 0.4) is 0 Å². The first kappa shape index (κ1) is 15.1. The molecule has 2 rings (SSSR count). The number of nitrogens with two attached hydrogens (primary N) is 1. The number of likely N-dealkylation sites (N-methyl/N-ethyl adjacent to an activating group) is 1. The average Bonchev–Trinajstić information content (AvgIpc) is 2.54. The zero-order valence-electron chi connectivity index (χ0n) is 12.4. The third kappa shape index (κ3) is 3.61. The van der Waals surface area contributed by atoms with Gasteiger partial charge in [0, 0.05) is 19.3 Å². The fourth-order valence-electron chi connectivity index (χ4n) is 2.16. The number of rotatable bonds is 5. The lowest BCUT2D eigenvalue weighted by Crippen LogP contribution is -2.28. The smallest absolute Gasteiger partial charge is 0.231 e. The van der Waals surface area contributed by atoms with Gasteiger partial charge in [0.15, 0.2) is 0 Å². The lowest BCUT2D eigenvalue weighted by Gasteiger charge is -2.18. The van der Waals surface area contributed by atoms with Gasteiger partial charge in [0.2, 0.25) is 5.91 Å². The van der Waals surface area contributed by atoms with Gasteiger partial charge in [-0.25, -0.2) is 0 Å². The normalized spacial score (nSPS) is 10.2. The molecular formula is C17H20N2O2. The molecule has 0 fully saturated rings. The third-order valence-electron chi connectivity index (χ3n) is 3.51. The summed E-state index contributed by atoms with van der Waals surface area (Å²) in [6.45, 7) is 0.440. The zero-order chi connectivity index (χ0) is 15.2. The second-order valence-electron chi connectivity index (χ2n) is 4.80. The van der Waals surface area contributed by atoms with Gasteiger partial charge in [0.1, 0.15) is 5.75 Å². The van der Waals surface area contributed by atoms with Crippen LogP contribution >= 0.6 is 0 Å². The van der Waals surface area contributed by atoms with Crippen LogP contribution in [0, 0.1) is 0 Å². The third-order valence-corrected chi connectivity index (χ3v) is 3.51. The Morgan fingerprint density at radius 2 is 1.71 bits per heavy atom. The Morgan fingerprint density at radius 3 is 2.29 bits per heavy atom. The number of anilines is 1. The molecule has 0 radical (unpaired) electrons. The first-order valence-electron chi connectivity index (χ1n) is 6.83. The highest BCUT2D eigenvalue weighted by atomic mass is 16.5. The van der Waals surface area contributed by atoms with Gasteiger partial charge in [-0.2, -0.15) is 0 Å².